The van der Waals surface area contributed by atoms with Gasteiger partial charge in [-0.1, -0.05) is 18.2 Å². The van der Waals surface area contributed by atoms with Gasteiger partial charge in [0.1, 0.15) is 17.7 Å². The lowest BCUT2D eigenvalue weighted by Gasteiger charge is -2.39. The van der Waals surface area contributed by atoms with Crippen LogP contribution in [0.2, 0.25) is 0 Å². The van der Waals surface area contributed by atoms with Crippen LogP contribution in [-0.4, -0.2) is 46.1 Å². The Morgan fingerprint density at radius 1 is 0.906 bits per heavy atom. The molecule has 0 aliphatic heterocycles. The number of anilines is 4. The molecule has 2 N–H and O–H groups in total. The molecule has 4 aromatic rings. The van der Waals surface area contributed by atoms with Gasteiger partial charge in [0, 0.05) is 23.3 Å². The van der Waals surface area contributed by atoms with Crippen LogP contribution in [0.15, 0.2) is 73.1 Å². The largest absolute Gasteiger partial charge is 0.490 e. The number of nitrogens with one attached hydrogen (secondary N) is 2. The van der Waals surface area contributed by atoms with Crippen molar-refractivity contribution >= 4 is 34.0 Å². The molecule has 2 aromatic heterocycles. The zero-order valence-electron chi connectivity index (χ0n) is 18.2. The molecule has 162 valence electrons. The summed E-state index contributed by atoms with van der Waals surface area (Å²) >= 11 is 0. The van der Waals surface area contributed by atoms with E-state index < -0.39 is 0 Å². The number of pyridine rings is 1. The Balaban J connectivity index is 1.21. The fraction of sp³-hybridized carbons (Fsp3) is 0.240. The normalized spacial score (nSPS) is 17.7. The number of hydrogen-bond donors (Lipinski definition) is 2. The molecule has 7 heteroatoms. The minimum Gasteiger partial charge on any atom is -0.490 e. The molecule has 0 amide bonds. The van der Waals surface area contributed by atoms with E-state index in [9.17, 15) is 0 Å². The van der Waals surface area contributed by atoms with Gasteiger partial charge in [0.2, 0.25) is 5.95 Å². The van der Waals surface area contributed by atoms with Crippen molar-refractivity contribution in [2.45, 2.75) is 25.0 Å². The second-order valence-electron chi connectivity index (χ2n) is 8.29. The molecule has 2 aromatic carbocycles. The van der Waals surface area contributed by atoms with Gasteiger partial charge in [0.05, 0.1) is 17.4 Å². The van der Waals surface area contributed by atoms with Crippen LogP contribution >= 0.6 is 0 Å². The summed E-state index contributed by atoms with van der Waals surface area (Å²) in [7, 11) is 4.24. The number of aromatic nitrogens is 3. The molecular weight excluding hydrogens is 400 g/mol. The van der Waals surface area contributed by atoms with Crippen molar-refractivity contribution in [3.63, 3.8) is 0 Å². The van der Waals surface area contributed by atoms with Gasteiger partial charge in [-0.2, -0.15) is 4.98 Å². The highest BCUT2D eigenvalue weighted by atomic mass is 16.5. The molecule has 1 aliphatic rings. The van der Waals surface area contributed by atoms with Gasteiger partial charge in [-0.3, -0.25) is 4.98 Å². The van der Waals surface area contributed by atoms with Crippen molar-refractivity contribution in [2.75, 3.05) is 24.7 Å². The lowest BCUT2D eigenvalue weighted by atomic mass is 9.88. The number of ether oxygens (including phenoxy) is 1. The maximum Gasteiger partial charge on any atom is 0.229 e. The zero-order valence-corrected chi connectivity index (χ0v) is 18.2. The number of nitrogens with zero attached hydrogens (tertiary/aromatic N) is 4. The van der Waals surface area contributed by atoms with Crippen molar-refractivity contribution in [3.8, 4) is 5.75 Å². The highest BCUT2D eigenvalue weighted by Crippen LogP contribution is 2.29. The quantitative estimate of drug-likeness (QED) is 0.431. The molecule has 1 saturated carbocycles. The summed E-state index contributed by atoms with van der Waals surface area (Å²) in [5.74, 6) is 2.10. The zero-order chi connectivity index (χ0) is 21.9. The summed E-state index contributed by atoms with van der Waals surface area (Å²) in [4.78, 5) is 15.6. The second kappa shape index (κ2) is 8.80. The summed E-state index contributed by atoms with van der Waals surface area (Å²) in [6.07, 6.45) is 5.98. The fourth-order valence-electron chi connectivity index (χ4n) is 3.77. The minimum atomic E-state index is 0.303. The molecule has 1 fully saturated rings. The minimum absolute atomic E-state index is 0.303. The van der Waals surface area contributed by atoms with E-state index in [2.05, 4.69) is 50.6 Å². The Morgan fingerprint density at radius 3 is 2.53 bits per heavy atom. The van der Waals surface area contributed by atoms with Crippen molar-refractivity contribution < 1.29 is 4.74 Å². The van der Waals surface area contributed by atoms with Gasteiger partial charge in [-0.25, -0.2) is 4.98 Å². The lowest BCUT2D eigenvalue weighted by Crippen LogP contribution is -2.46. The van der Waals surface area contributed by atoms with Gasteiger partial charge in [-0.15, -0.1) is 0 Å². The summed E-state index contributed by atoms with van der Waals surface area (Å²) in [5, 5.41) is 7.63. The van der Waals surface area contributed by atoms with Gasteiger partial charge >= 0.3 is 0 Å². The first-order valence-electron chi connectivity index (χ1n) is 10.8. The van der Waals surface area contributed by atoms with Crippen LogP contribution in [0.1, 0.15) is 12.8 Å². The first kappa shape index (κ1) is 20.2. The average molecular weight is 427 g/mol. The molecule has 5 rings (SSSR count). The van der Waals surface area contributed by atoms with Gasteiger partial charge in [0.25, 0.3) is 0 Å². The highest BCUT2D eigenvalue weighted by Gasteiger charge is 2.32. The molecule has 2 heterocycles. The Labute approximate surface area is 187 Å². The SMILES string of the molecule is CN(C)C1CC(Oc2ccc(Nc3nccc(Nc4cnc5ccccc5c4)n3)cc2)C1. The van der Waals surface area contributed by atoms with E-state index in [1.165, 1.54) is 0 Å². The summed E-state index contributed by atoms with van der Waals surface area (Å²) in [6.45, 7) is 0. The molecule has 0 unspecified atom stereocenters. The molecule has 0 spiro atoms. The molecule has 0 radical (unpaired) electrons. The second-order valence-corrected chi connectivity index (χ2v) is 8.29. The number of fused-ring (bicyclic) bond motifs is 1. The van der Waals surface area contributed by atoms with Crippen LogP contribution < -0.4 is 15.4 Å². The standard InChI is InChI=1S/C25H26N6O/c1-31(2)20-14-22(15-20)32-21-9-7-18(8-10-21)29-25-26-12-11-24(30-25)28-19-13-17-5-3-4-6-23(17)27-16-19/h3-13,16,20,22H,14-15H2,1-2H3,(H2,26,28,29,30). The van der Waals surface area contributed by atoms with Crippen molar-refractivity contribution in [3.05, 3.63) is 73.1 Å². The number of rotatable bonds is 7. The Morgan fingerprint density at radius 2 is 1.72 bits per heavy atom. The van der Waals surface area contributed by atoms with Gasteiger partial charge in [-0.05, 0) is 69.4 Å². The van der Waals surface area contributed by atoms with Crippen LogP contribution in [-0.2, 0) is 0 Å². The molecule has 32 heavy (non-hydrogen) atoms. The Hall–Kier alpha value is -3.71. The average Bonchev–Trinajstić information content (AvgIpc) is 2.77. The van der Waals surface area contributed by atoms with Crippen molar-refractivity contribution in [1.82, 2.24) is 19.9 Å². The molecule has 7 nitrogen and oxygen atoms in total. The van der Waals surface area contributed by atoms with Crippen LogP contribution in [0.4, 0.5) is 23.1 Å². The predicted molar refractivity (Wildman–Crippen MR) is 128 cm³/mol. The summed E-state index contributed by atoms with van der Waals surface area (Å²) < 4.78 is 6.05. The van der Waals surface area contributed by atoms with E-state index in [1.54, 1.807) is 12.4 Å². The van der Waals surface area contributed by atoms with Crippen LogP contribution in [0.3, 0.4) is 0 Å². The molecule has 0 atom stereocenters. The van der Waals surface area contributed by atoms with E-state index in [-0.39, 0.29) is 0 Å². The van der Waals surface area contributed by atoms with E-state index in [0.29, 0.717) is 23.9 Å². The topological polar surface area (TPSA) is 75.2 Å². The number of para-hydroxylation sites is 1. The third-order valence-electron chi connectivity index (χ3n) is 5.73. The van der Waals surface area contributed by atoms with E-state index in [0.717, 1.165) is 40.9 Å². The Bertz CT molecular complexity index is 1200. The predicted octanol–water partition coefficient (Wildman–Crippen LogP) is 4.98. The molecule has 0 bridgehead atoms. The highest BCUT2D eigenvalue weighted by molar-refractivity contribution is 5.82. The maximum atomic E-state index is 6.05. The third-order valence-corrected chi connectivity index (χ3v) is 5.73. The first-order valence-corrected chi connectivity index (χ1v) is 10.8. The van der Waals surface area contributed by atoms with Crippen LogP contribution in [0, 0.1) is 0 Å². The van der Waals surface area contributed by atoms with Crippen molar-refractivity contribution in [2.24, 2.45) is 0 Å². The number of benzene rings is 2. The van der Waals surface area contributed by atoms with Crippen LogP contribution in [0.25, 0.3) is 10.9 Å². The smallest absolute Gasteiger partial charge is 0.229 e. The summed E-state index contributed by atoms with van der Waals surface area (Å²) in [6, 6.07) is 20.5. The van der Waals surface area contributed by atoms with Gasteiger partial charge in [0.15, 0.2) is 0 Å². The Kier molecular flexibility index (Phi) is 5.56. The lowest BCUT2D eigenvalue weighted by molar-refractivity contribution is 0.0401. The third kappa shape index (κ3) is 4.63. The van der Waals surface area contributed by atoms with E-state index in [4.69, 9.17) is 4.74 Å². The van der Waals surface area contributed by atoms with Crippen LogP contribution in [0.5, 0.6) is 5.75 Å². The maximum absolute atomic E-state index is 6.05. The summed E-state index contributed by atoms with van der Waals surface area (Å²) in [5.41, 5.74) is 2.74. The van der Waals surface area contributed by atoms with E-state index >= 15 is 0 Å². The molecular formula is C25H26N6O. The number of hydrogen-bond acceptors (Lipinski definition) is 7. The molecule has 1 aliphatic carbocycles. The monoisotopic (exact) mass is 426 g/mol. The van der Waals surface area contributed by atoms with Crippen molar-refractivity contribution in [1.29, 1.82) is 0 Å². The fourth-order valence-corrected chi connectivity index (χ4v) is 3.77. The van der Waals surface area contributed by atoms with E-state index in [1.807, 2.05) is 54.6 Å². The van der Waals surface area contributed by atoms with Gasteiger partial charge < -0.3 is 20.3 Å². The first-order chi connectivity index (χ1) is 15.6. The molecule has 0 saturated heterocycles.